The minimum atomic E-state index is -0.0608. The summed E-state index contributed by atoms with van der Waals surface area (Å²) in [6, 6.07) is 26.1. The highest BCUT2D eigenvalue weighted by molar-refractivity contribution is 6.07. The third kappa shape index (κ3) is 3.65. The lowest BCUT2D eigenvalue weighted by atomic mass is 10.1. The van der Waals surface area contributed by atoms with E-state index in [1.54, 1.807) is 6.20 Å². The maximum atomic E-state index is 13.2. The molecule has 3 aromatic carbocycles. The van der Waals surface area contributed by atoms with Crippen LogP contribution < -0.4 is 0 Å². The molecule has 0 aliphatic heterocycles. The minimum Gasteiger partial charge on any atom is -0.317 e. The van der Waals surface area contributed by atoms with Crippen molar-refractivity contribution in [1.82, 2.24) is 9.55 Å². The van der Waals surface area contributed by atoms with E-state index < -0.39 is 0 Å². The number of nitrogens with zero attached hydrogens (tertiary/aromatic N) is 2. The van der Waals surface area contributed by atoms with Crippen molar-refractivity contribution in [3.8, 4) is 11.3 Å². The molecular weight excluding hydrogens is 344 g/mol. The van der Waals surface area contributed by atoms with Crippen LogP contribution in [0.2, 0.25) is 0 Å². The topological polar surface area (TPSA) is 34.9 Å². The van der Waals surface area contributed by atoms with Gasteiger partial charge in [0.1, 0.15) is 0 Å². The van der Waals surface area contributed by atoms with Crippen molar-refractivity contribution in [3.63, 3.8) is 0 Å². The highest BCUT2D eigenvalue weighted by atomic mass is 16.1. The number of carbonyl (C=O) groups is 1. The monoisotopic (exact) mass is 366 g/mol. The van der Waals surface area contributed by atoms with Gasteiger partial charge >= 0.3 is 0 Å². The first kappa shape index (κ1) is 17.9. The molecule has 0 N–H and O–H groups in total. The average Bonchev–Trinajstić information content (AvgIpc) is 3.13. The van der Waals surface area contributed by atoms with Crippen LogP contribution in [0.15, 0.2) is 85.1 Å². The molecule has 4 rings (SSSR count). The number of imidazole rings is 1. The van der Waals surface area contributed by atoms with Crippen LogP contribution in [0.5, 0.6) is 0 Å². The Labute approximate surface area is 165 Å². The van der Waals surface area contributed by atoms with Crippen molar-refractivity contribution >= 4 is 5.78 Å². The third-order valence-electron chi connectivity index (χ3n) is 4.90. The largest absolute Gasteiger partial charge is 0.317 e. The van der Waals surface area contributed by atoms with E-state index in [-0.39, 0.29) is 5.78 Å². The smallest absolute Gasteiger partial charge is 0.228 e. The lowest BCUT2D eigenvalue weighted by molar-refractivity contribution is 0.102. The molecule has 0 unspecified atom stereocenters. The number of aromatic nitrogens is 2. The van der Waals surface area contributed by atoms with Gasteiger partial charge in [0.15, 0.2) is 5.82 Å². The highest BCUT2D eigenvalue weighted by Crippen LogP contribution is 2.24. The first-order chi connectivity index (χ1) is 13.6. The molecule has 138 valence electrons. The summed E-state index contributed by atoms with van der Waals surface area (Å²) < 4.78 is 2.02. The first-order valence-corrected chi connectivity index (χ1v) is 9.40. The van der Waals surface area contributed by atoms with Gasteiger partial charge in [0.25, 0.3) is 0 Å². The number of ketones is 1. The predicted molar refractivity (Wildman–Crippen MR) is 113 cm³/mol. The fourth-order valence-electron chi connectivity index (χ4n) is 3.27. The zero-order chi connectivity index (χ0) is 19.5. The van der Waals surface area contributed by atoms with Crippen LogP contribution in [0, 0.1) is 13.8 Å². The Morgan fingerprint density at radius 3 is 2.07 bits per heavy atom. The van der Waals surface area contributed by atoms with E-state index in [1.165, 1.54) is 5.56 Å². The van der Waals surface area contributed by atoms with Crippen LogP contribution in [0.3, 0.4) is 0 Å². The summed E-state index contributed by atoms with van der Waals surface area (Å²) in [5, 5.41) is 0. The molecule has 0 bridgehead atoms. The number of hydrogen-bond donors (Lipinski definition) is 0. The summed E-state index contributed by atoms with van der Waals surface area (Å²) in [4.78, 5) is 17.7. The number of carbonyl (C=O) groups excluding carboxylic acids is 1. The Morgan fingerprint density at radius 2 is 1.43 bits per heavy atom. The van der Waals surface area contributed by atoms with Gasteiger partial charge in [-0.2, -0.15) is 0 Å². The quantitative estimate of drug-likeness (QED) is 0.440. The number of benzene rings is 3. The molecular formula is C25H22N2O. The zero-order valence-electron chi connectivity index (χ0n) is 16.1. The standard InChI is InChI=1S/C25H22N2O/c1-18-8-12-21(13-9-18)23-16-26-25(24(28)22-14-10-19(2)11-15-22)27(23)17-20-6-4-3-5-7-20/h3-16H,17H2,1-2H3. The van der Waals surface area contributed by atoms with Crippen LogP contribution in [-0.4, -0.2) is 15.3 Å². The third-order valence-corrected chi connectivity index (χ3v) is 4.90. The van der Waals surface area contributed by atoms with Crippen molar-refractivity contribution in [2.75, 3.05) is 0 Å². The van der Waals surface area contributed by atoms with E-state index >= 15 is 0 Å². The molecule has 4 aromatic rings. The molecule has 28 heavy (non-hydrogen) atoms. The van der Waals surface area contributed by atoms with Crippen LogP contribution in [0.1, 0.15) is 32.9 Å². The van der Waals surface area contributed by atoms with Gasteiger partial charge < -0.3 is 4.57 Å². The molecule has 0 spiro atoms. The summed E-state index contributed by atoms with van der Waals surface area (Å²) in [5.41, 5.74) is 6.11. The summed E-state index contributed by atoms with van der Waals surface area (Å²) >= 11 is 0. The second-order valence-electron chi connectivity index (χ2n) is 7.10. The molecule has 0 amide bonds. The SMILES string of the molecule is Cc1ccc(C(=O)c2ncc(-c3ccc(C)cc3)n2Cc2ccccc2)cc1. The van der Waals surface area contributed by atoms with Crippen LogP contribution in [0.4, 0.5) is 0 Å². The van der Waals surface area contributed by atoms with E-state index in [1.807, 2.05) is 54.0 Å². The molecule has 0 radical (unpaired) electrons. The lowest BCUT2D eigenvalue weighted by Gasteiger charge is -2.12. The lowest BCUT2D eigenvalue weighted by Crippen LogP contribution is -2.13. The van der Waals surface area contributed by atoms with Crippen LogP contribution >= 0.6 is 0 Å². The van der Waals surface area contributed by atoms with Crippen molar-refractivity contribution < 1.29 is 4.79 Å². The Hall–Kier alpha value is -3.46. The molecule has 1 aromatic heterocycles. The van der Waals surface area contributed by atoms with Crippen molar-refractivity contribution in [1.29, 1.82) is 0 Å². The highest BCUT2D eigenvalue weighted by Gasteiger charge is 2.19. The molecule has 0 saturated carbocycles. The maximum Gasteiger partial charge on any atom is 0.228 e. The minimum absolute atomic E-state index is 0.0608. The second kappa shape index (κ2) is 7.65. The number of aryl methyl sites for hydroxylation is 2. The summed E-state index contributed by atoms with van der Waals surface area (Å²) in [6.07, 6.45) is 1.80. The molecule has 0 saturated heterocycles. The van der Waals surface area contributed by atoms with Gasteiger partial charge in [-0.1, -0.05) is 90.0 Å². The Bertz CT molecular complexity index is 1090. The number of rotatable bonds is 5. The summed E-state index contributed by atoms with van der Waals surface area (Å²) in [5.74, 6) is 0.401. The van der Waals surface area contributed by atoms with Gasteiger partial charge in [-0.25, -0.2) is 4.98 Å². The molecule has 0 aliphatic carbocycles. The van der Waals surface area contributed by atoms with Crippen LogP contribution in [0.25, 0.3) is 11.3 Å². The predicted octanol–water partition coefficient (Wildman–Crippen LogP) is 5.45. The van der Waals surface area contributed by atoms with Gasteiger partial charge in [-0.05, 0) is 25.0 Å². The van der Waals surface area contributed by atoms with E-state index in [0.29, 0.717) is 17.9 Å². The van der Waals surface area contributed by atoms with E-state index in [9.17, 15) is 4.79 Å². The number of hydrogen-bond acceptors (Lipinski definition) is 2. The molecule has 3 heteroatoms. The molecule has 0 aliphatic rings. The van der Waals surface area contributed by atoms with Gasteiger partial charge in [0.2, 0.25) is 5.78 Å². The van der Waals surface area contributed by atoms with Gasteiger partial charge in [-0.15, -0.1) is 0 Å². The molecule has 1 heterocycles. The van der Waals surface area contributed by atoms with Gasteiger partial charge in [-0.3, -0.25) is 4.79 Å². The maximum absolute atomic E-state index is 13.2. The van der Waals surface area contributed by atoms with E-state index in [4.69, 9.17) is 0 Å². The average molecular weight is 366 g/mol. The zero-order valence-corrected chi connectivity index (χ0v) is 16.1. The van der Waals surface area contributed by atoms with Crippen LogP contribution in [-0.2, 0) is 6.54 Å². The Balaban J connectivity index is 1.80. The molecule has 3 nitrogen and oxygen atoms in total. The summed E-state index contributed by atoms with van der Waals surface area (Å²) in [6.45, 7) is 4.68. The fraction of sp³-hybridized carbons (Fsp3) is 0.120. The van der Waals surface area contributed by atoms with E-state index in [2.05, 4.69) is 48.3 Å². The first-order valence-electron chi connectivity index (χ1n) is 9.40. The van der Waals surface area contributed by atoms with E-state index in [0.717, 1.165) is 22.4 Å². The molecule has 0 fully saturated rings. The van der Waals surface area contributed by atoms with Crippen molar-refractivity contribution in [3.05, 3.63) is 113 Å². The fourth-order valence-corrected chi connectivity index (χ4v) is 3.27. The summed E-state index contributed by atoms with van der Waals surface area (Å²) in [7, 11) is 0. The van der Waals surface area contributed by atoms with Gasteiger partial charge in [0, 0.05) is 12.1 Å². The Morgan fingerprint density at radius 1 is 0.821 bits per heavy atom. The molecule has 0 atom stereocenters. The normalized spacial score (nSPS) is 10.8. The van der Waals surface area contributed by atoms with Gasteiger partial charge in [0.05, 0.1) is 11.9 Å². The second-order valence-corrected chi connectivity index (χ2v) is 7.10. The van der Waals surface area contributed by atoms with Crippen molar-refractivity contribution in [2.45, 2.75) is 20.4 Å². The van der Waals surface area contributed by atoms with Crippen molar-refractivity contribution in [2.24, 2.45) is 0 Å². The Kier molecular flexibility index (Phi) is 4.90.